The second kappa shape index (κ2) is 9.30. The lowest BCUT2D eigenvalue weighted by atomic mass is 10.2. The van der Waals surface area contributed by atoms with Gasteiger partial charge in [0.1, 0.15) is 21.5 Å². The normalized spacial score (nSPS) is 16.7. The fourth-order valence-corrected chi connectivity index (χ4v) is 6.70. The highest BCUT2D eigenvalue weighted by molar-refractivity contribution is 9.10. The van der Waals surface area contributed by atoms with Crippen LogP contribution in [0.4, 0.5) is 0 Å². The summed E-state index contributed by atoms with van der Waals surface area (Å²) in [6, 6.07) is 17.6. The van der Waals surface area contributed by atoms with Gasteiger partial charge in [0.25, 0.3) is 0 Å². The Bertz CT molecular complexity index is 1340. The standard InChI is InChI=1S/C23H19BrN4O3S2/c24-17-7-11-20(12-8-17)33(29,30)28-14-2-4-21(28)23-27-26-22(32-23)16-5-9-18(10-6-16)31-19-3-1-13-25-15-19/h1,3,5-13,15,21H,2,4,14H2. The minimum Gasteiger partial charge on any atom is -0.456 e. The lowest BCUT2D eigenvalue weighted by Crippen LogP contribution is -2.30. The first-order valence-corrected chi connectivity index (χ1v) is 13.3. The van der Waals surface area contributed by atoms with Gasteiger partial charge in [-0.2, -0.15) is 4.31 Å². The molecule has 2 aromatic heterocycles. The summed E-state index contributed by atoms with van der Waals surface area (Å²) in [5, 5.41) is 10.1. The number of pyridine rings is 1. The van der Waals surface area contributed by atoms with Gasteiger partial charge in [-0.15, -0.1) is 10.2 Å². The fraction of sp³-hybridized carbons (Fsp3) is 0.174. The number of hydrogen-bond donors (Lipinski definition) is 0. The summed E-state index contributed by atoms with van der Waals surface area (Å²) in [6.07, 6.45) is 4.86. The summed E-state index contributed by atoms with van der Waals surface area (Å²) < 4.78 is 34.7. The topological polar surface area (TPSA) is 85.3 Å². The molecule has 0 spiro atoms. The van der Waals surface area contributed by atoms with Crippen LogP contribution in [0.3, 0.4) is 0 Å². The summed E-state index contributed by atoms with van der Waals surface area (Å²) >= 11 is 4.78. The maximum Gasteiger partial charge on any atom is 0.243 e. The van der Waals surface area contributed by atoms with Gasteiger partial charge in [0.05, 0.1) is 17.1 Å². The molecule has 1 fully saturated rings. The van der Waals surface area contributed by atoms with Crippen LogP contribution in [0.1, 0.15) is 23.9 Å². The highest BCUT2D eigenvalue weighted by atomic mass is 79.9. The van der Waals surface area contributed by atoms with Gasteiger partial charge in [-0.3, -0.25) is 4.98 Å². The first-order chi connectivity index (χ1) is 16.0. The van der Waals surface area contributed by atoms with Crippen molar-refractivity contribution in [2.45, 2.75) is 23.8 Å². The number of ether oxygens (including phenoxy) is 1. The SMILES string of the molecule is O=S(=O)(c1ccc(Br)cc1)N1CCCC1c1nnc(-c2ccc(Oc3cccnc3)cc2)s1. The third-order valence-corrected chi connectivity index (χ3v) is 8.85. The van der Waals surface area contributed by atoms with Crippen molar-refractivity contribution in [1.82, 2.24) is 19.5 Å². The van der Waals surface area contributed by atoms with E-state index in [-0.39, 0.29) is 10.9 Å². The smallest absolute Gasteiger partial charge is 0.243 e. The van der Waals surface area contributed by atoms with E-state index in [1.54, 1.807) is 41.0 Å². The second-order valence-electron chi connectivity index (χ2n) is 7.49. The summed E-state index contributed by atoms with van der Waals surface area (Å²) in [7, 11) is -3.61. The van der Waals surface area contributed by atoms with E-state index in [0.717, 1.165) is 27.9 Å². The lowest BCUT2D eigenvalue weighted by molar-refractivity contribution is 0.394. The van der Waals surface area contributed by atoms with E-state index in [9.17, 15) is 8.42 Å². The molecular weight excluding hydrogens is 524 g/mol. The van der Waals surface area contributed by atoms with E-state index in [1.807, 2.05) is 36.4 Å². The van der Waals surface area contributed by atoms with Gasteiger partial charge in [-0.05, 0) is 73.5 Å². The Hall–Kier alpha value is -2.66. The molecule has 10 heteroatoms. The Kier molecular flexibility index (Phi) is 6.24. The van der Waals surface area contributed by atoms with Crippen LogP contribution in [0.15, 0.2) is 82.4 Å². The van der Waals surface area contributed by atoms with Crippen molar-refractivity contribution < 1.29 is 13.2 Å². The third-order valence-electron chi connectivity index (χ3n) is 5.32. The van der Waals surface area contributed by atoms with Gasteiger partial charge in [-0.25, -0.2) is 8.42 Å². The molecule has 1 aliphatic rings. The minimum absolute atomic E-state index is 0.284. The summed E-state index contributed by atoms with van der Waals surface area (Å²) in [5.41, 5.74) is 0.901. The highest BCUT2D eigenvalue weighted by Crippen LogP contribution is 2.39. The molecule has 0 aliphatic carbocycles. The number of sulfonamides is 1. The number of rotatable bonds is 6. The Labute approximate surface area is 204 Å². The maximum absolute atomic E-state index is 13.2. The Morgan fingerprint density at radius 1 is 1.00 bits per heavy atom. The minimum atomic E-state index is -3.61. The number of hydrogen-bond acceptors (Lipinski definition) is 7. The molecule has 0 radical (unpaired) electrons. The molecule has 7 nitrogen and oxygen atoms in total. The zero-order valence-electron chi connectivity index (χ0n) is 17.3. The first kappa shape index (κ1) is 22.1. The van der Waals surface area contributed by atoms with Crippen molar-refractivity contribution in [2.24, 2.45) is 0 Å². The quantitative estimate of drug-likeness (QED) is 0.311. The van der Waals surface area contributed by atoms with Crippen LogP contribution in [-0.4, -0.2) is 34.4 Å². The van der Waals surface area contributed by atoms with Crippen LogP contribution in [0.2, 0.25) is 0 Å². The lowest BCUT2D eigenvalue weighted by Gasteiger charge is -2.22. The molecule has 0 bridgehead atoms. The van der Waals surface area contributed by atoms with Crippen LogP contribution < -0.4 is 4.74 Å². The van der Waals surface area contributed by atoms with E-state index in [0.29, 0.717) is 23.1 Å². The Balaban J connectivity index is 1.35. The van der Waals surface area contributed by atoms with E-state index in [4.69, 9.17) is 4.74 Å². The molecule has 1 atom stereocenters. The molecule has 1 aliphatic heterocycles. The molecule has 168 valence electrons. The number of benzene rings is 2. The molecule has 0 N–H and O–H groups in total. The van der Waals surface area contributed by atoms with Gasteiger partial charge in [-0.1, -0.05) is 27.3 Å². The van der Waals surface area contributed by atoms with Crippen molar-refractivity contribution in [2.75, 3.05) is 6.54 Å². The van der Waals surface area contributed by atoms with E-state index in [2.05, 4.69) is 31.1 Å². The first-order valence-electron chi connectivity index (χ1n) is 10.3. The molecule has 0 saturated carbocycles. The Morgan fingerprint density at radius 3 is 2.52 bits per heavy atom. The van der Waals surface area contributed by atoms with Gasteiger partial charge >= 0.3 is 0 Å². The number of nitrogens with zero attached hydrogens (tertiary/aromatic N) is 4. The van der Waals surface area contributed by atoms with Crippen LogP contribution in [0.25, 0.3) is 10.6 Å². The second-order valence-corrected chi connectivity index (χ2v) is 11.3. The van der Waals surface area contributed by atoms with Crippen molar-refractivity contribution >= 4 is 37.3 Å². The zero-order chi connectivity index (χ0) is 22.8. The molecule has 5 rings (SSSR count). The van der Waals surface area contributed by atoms with Crippen molar-refractivity contribution in [3.05, 3.63) is 82.5 Å². The monoisotopic (exact) mass is 542 g/mol. The van der Waals surface area contributed by atoms with Gasteiger partial charge in [0.15, 0.2) is 0 Å². The fourth-order valence-electron chi connectivity index (χ4n) is 3.71. The molecule has 1 saturated heterocycles. The molecule has 4 aromatic rings. The Morgan fingerprint density at radius 2 is 1.79 bits per heavy atom. The summed E-state index contributed by atoms with van der Waals surface area (Å²) in [4.78, 5) is 4.33. The molecular formula is C23H19BrN4O3S2. The predicted octanol–water partition coefficient (Wildman–Crippen LogP) is 5.68. The van der Waals surface area contributed by atoms with E-state index >= 15 is 0 Å². The van der Waals surface area contributed by atoms with Gasteiger partial charge in [0.2, 0.25) is 10.0 Å². The van der Waals surface area contributed by atoms with E-state index < -0.39 is 10.0 Å². The number of halogens is 1. The molecule has 3 heterocycles. The van der Waals surface area contributed by atoms with Crippen molar-refractivity contribution in [1.29, 1.82) is 0 Å². The predicted molar refractivity (Wildman–Crippen MR) is 130 cm³/mol. The van der Waals surface area contributed by atoms with Crippen molar-refractivity contribution in [3.63, 3.8) is 0 Å². The summed E-state index contributed by atoms with van der Waals surface area (Å²) in [5.74, 6) is 1.36. The number of aromatic nitrogens is 3. The van der Waals surface area contributed by atoms with Crippen LogP contribution in [-0.2, 0) is 10.0 Å². The van der Waals surface area contributed by atoms with Crippen LogP contribution in [0, 0.1) is 0 Å². The molecule has 0 amide bonds. The van der Waals surface area contributed by atoms with Gasteiger partial charge in [0, 0.05) is 22.8 Å². The zero-order valence-corrected chi connectivity index (χ0v) is 20.6. The highest BCUT2D eigenvalue weighted by Gasteiger charge is 2.38. The molecule has 2 aromatic carbocycles. The van der Waals surface area contributed by atoms with E-state index in [1.165, 1.54) is 11.3 Å². The third kappa shape index (κ3) is 4.70. The largest absolute Gasteiger partial charge is 0.456 e. The van der Waals surface area contributed by atoms with Crippen molar-refractivity contribution in [3.8, 4) is 22.1 Å². The van der Waals surface area contributed by atoms with Gasteiger partial charge < -0.3 is 4.74 Å². The molecule has 1 unspecified atom stereocenters. The molecule has 33 heavy (non-hydrogen) atoms. The van der Waals surface area contributed by atoms with Crippen LogP contribution >= 0.6 is 27.3 Å². The average Bonchev–Trinajstić information content (AvgIpc) is 3.51. The maximum atomic E-state index is 13.2. The summed E-state index contributed by atoms with van der Waals surface area (Å²) in [6.45, 7) is 0.471. The van der Waals surface area contributed by atoms with Crippen LogP contribution in [0.5, 0.6) is 11.5 Å². The average molecular weight is 543 g/mol.